The summed E-state index contributed by atoms with van der Waals surface area (Å²) >= 11 is 3.46. The van der Waals surface area contributed by atoms with Gasteiger partial charge in [-0.3, -0.25) is 4.79 Å². The molecule has 0 aliphatic heterocycles. The lowest BCUT2D eigenvalue weighted by Crippen LogP contribution is -2.06. The molecule has 1 aromatic carbocycles. The van der Waals surface area contributed by atoms with Crippen molar-refractivity contribution in [2.45, 2.75) is 33.1 Å². The highest BCUT2D eigenvalue weighted by Gasteiger charge is 2.07. The lowest BCUT2D eigenvalue weighted by Gasteiger charge is -2.07. The smallest absolute Gasteiger partial charge is 0.135 e. The standard InChI is InChI=1S/C14H19BrO2/c1-10(2)13(16)6-4-5-11-7-8-14(17-3)12(15)9-11/h7-10H,4-6H2,1-3H3. The molecule has 0 unspecified atom stereocenters. The van der Waals surface area contributed by atoms with E-state index in [9.17, 15) is 4.79 Å². The number of aryl methyl sites for hydroxylation is 1. The minimum absolute atomic E-state index is 0.151. The number of carbonyl (C=O) groups excluding carboxylic acids is 1. The van der Waals surface area contributed by atoms with Gasteiger partial charge in [0.2, 0.25) is 0 Å². The second-order valence-electron chi connectivity index (χ2n) is 4.44. The van der Waals surface area contributed by atoms with Crippen molar-refractivity contribution in [1.82, 2.24) is 0 Å². The molecule has 1 aromatic rings. The number of rotatable bonds is 6. The van der Waals surface area contributed by atoms with E-state index in [0.717, 1.165) is 23.1 Å². The van der Waals surface area contributed by atoms with E-state index < -0.39 is 0 Å². The van der Waals surface area contributed by atoms with Crippen LogP contribution in [0.4, 0.5) is 0 Å². The molecule has 0 heterocycles. The quantitative estimate of drug-likeness (QED) is 0.793. The summed E-state index contributed by atoms with van der Waals surface area (Å²) in [4.78, 5) is 11.5. The lowest BCUT2D eigenvalue weighted by atomic mass is 10.0. The predicted octanol–water partition coefficient (Wildman–Crippen LogP) is 4.01. The number of Topliss-reactive ketones (excluding diaryl/α,β-unsaturated/α-hetero) is 1. The Bertz CT molecular complexity index is 386. The third kappa shape index (κ3) is 4.50. The minimum Gasteiger partial charge on any atom is -0.496 e. The molecule has 2 nitrogen and oxygen atoms in total. The predicted molar refractivity (Wildman–Crippen MR) is 73.5 cm³/mol. The summed E-state index contributed by atoms with van der Waals surface area (Å²) in [6.07, 6.45) is 2.51. The third-order valence-corrected chi connectivity index (χ3v) is 3.37. The molecule has 0 fully saturated rings. The molecule has 0 N–H and O–H groups in total. The molecular weight excluding hydrogens is 280 g/mol. The van der Waals surface area contributed by atoms with Crippen molar-refractivity contribution in [3.8, 4) is 5.75 Å². The Morgan fingerprint density at radius 2 is 2.12 bits per heavy atom. The average molecular weight is 299 g/mol. The van der Waals surface area contributed by atoms with E-state index in [2.05, 4.69) is 22.0 Å². The zero-order chi connectivity index (χ0) is 12.8. The highest BCUT2D eigenvalue weighted by Crippen LogP contribution is 2.26. The van der Waals surface area contributed by atoms with E-state index in [1.807, 2.05) is 26.0 Å². The van der Waals surface area contributed by atoms with Crippen LogP contribution < -0.4 is 4.74 Å². The van der Waals surface area contributed by atoms with Crippen LogP contribution in [-0.4, -0.2) is 12.9 Å². The second kappa shape index (κ2) is 6.80. The first-order valence-electron chi connectivity index (χ1n) is 5.89. The number of hydrogen-bond donors (Lipinski definition) is 0. The molecule has 0 aliphatic carbocycles. The summed E-state index contributed by atoms with van der Waals surface area (Å²) in [6, 6.07) is 6.05. The fraction of sp³-hybridized carbons (Fsp3) is 0.500. The van der Waals surface area contributed by atoms with Gasteiger partial charge in [0.15, 0.2) is 0 Å². The van der Waals surface area contributed by atoms with Crippen LogP contribution in [0.3, 0.4) is 0 Å². The Balaban J connectivity index is 2.47. The van der Waals surface area contributed by atoms with Crippen LogP contribution in [0.1, 0.15) is 32.3 Å². The molecule has 0 amide bonds. The monoisotopic (exact) mass is 298 g/mol. The Kier molecular flexibility index (Phi) is 5.69. The fourth-order valence-corrected chi connectivity index (χ4v) is 2.21. The van der Waals surface area contributed by atoms with Crippen molar-refractivity contribution >= 4 is 21.7 Å². The van der Waals surface area contributed by atoms with Gasteiger partial charge in [-0.25, -0.2) is 0 Å². The second-order valence-corrected chi connectivity index (χ2v) is 5.30. The van der Waals surface area contributed by atoms with Gasteiger partial charge in [-0.1, -0.05) is 19.9 Å². The molecular formula is C14H19BrO2. The maximum absolute atomic E-state index is 11.5. The summed E-state index contributed by atoms with van der Waals surface area (Å²) in [5.41, 5.74) is 1.23. The molecule has 0 spiro atoms. The SMILES string of the molecule is COc1ccc(CCCC(=O)C(C)C)cc1Br. The van der Waals surface area contributed by atoms with Crippen LogP contribution >= 0.6 is 15.9 Å². The number of methoxy groups -OCH3 is 1. The summed E-state index contributed by atoms with van der Waals surface area (Å²) in [5.74, 6) is 1.34. The van der Waals surface area contributed by atoms with Crippen molar-refractivity contribution in [2.24, 2.45) is 5.92 Å². The van der Waals surface area contributed by atoms with Crippen molar-refractivity contribution in [3.63, 3.8) is 0 Å². The zero-order valence-corrected chi connectivity index (χ0v) is 12.2. The first-order chi connectivity index (χ1) is 8.04. The summed E-state index contributed by atoms with van der Waals surface area (Å²) < 4.78 is 6.14. The van der Waals surface area contributed by atoms with Crippen molar-refractivity contribution in [1.29, 1.82) is 0 Å². The molecule has 0 radical (unpaired) electrons. The number of ketones is 1. The minimum atomic E-state index is 0.151. The molecule has 0 bridgehead atoms. The van der Waals surface area contributed by atoms with Gasteiger partial charge >= 0.3 is 0 Å². The fourth-order valence-electron chi connectivity index (χ4n) is 1.62. The van der Waals surface area contributed by atoms with Gasteiger partial charge < -0.3 is 4.74 Å². The van der Waals surface area contributed by atoms with E-state index in [4.69, 9.17) is 4.74 Å². The molecule has 0 aliphatic rings. The van der Waals surface area contributed by atoms with Gasteiger partial charge in [0, 0.05) is 12.3 Å². The van der Waals surface area contributed by atoms with E-state index in [1.54, 1.807) is 7.11 Å². The summed E-state index contributed by atoms with van der Waals surface area (Å²) in [6.45, 7) is 3.90. The van der Waals surface area contributed by atoms with Gasteiger partial charge in [-0.2, -0.15) is 0 Å². The number of ether oxygens (including phenoxy) is 1. The largest absolute Gasteiger partial charge is 0.496 e. The summed E-state index contributed by atoms with van der Waals surface area (Å²) in [5, 5.41) is 0. The van der Waals surface area contributed by atoms with E-state index in [1.165, 1.54) is 5.56 Å². The Labute approximate surface area is 111 Å². The highest BCUT2D eigenvalue weighted by molar-refractivity contribution is 9.10. The number of benzene rings is 1. The topological polar surface area (TPSA) is 26.3 Å². The van der Waals surface area contributed by atoms with E-state index in [0.29, 0.717) is 12.2 Å². The maximum atomic E-state index is 11.5. The van der Waals surface area contributed by atoms with Crippen LogP contribution in [0.25, 0.3) is 0 Å². The summed E-state index contributed by atoms with van der Waals surface area (Å²) in [7, 11) is 1.65. The van der Waals surface area contributed by atoms with Crippen LogP contribution in [0, 0.1) is 5.92 Å². The van der Waals surface area contributed by atoms with Crippen LogP contribution in [0.5, 0.6) is 5.75 Å². The normalized spacial score (nSPS) is 10.6. The molecule has 0 aromatic heterocycles. The molecule has 0 saturated heterocycles. The molecule has 3 heteroatoms. The van der Waals surface area contributed by atoms with Crippen molar-refractivity contribution in [2.75, 3.05) is 7.11 Å². The number of hydrogen-bond acceptors (Lipinski definition) is 2. The van der Waals surface area contributed by atoms with Crippen molar-refractivity contribution < 1.29 is 9.53 Å². The van der Waals surface area contributed by atoms with Gasteiger partial charge in [0.25, 0.3) is 0 Å². The van der Waals surface area contributed by atoms with E-state index in [-0.39, 0.29) is 5.92 Å². The Morgan fingerprint density at radius 3 is 2.65 bits per heavy atom. The number of halogens is 1. The maximum Gasteiger partial charge on any atom is 0.135 e. The van der Waals surface area contributed by atoms with Crippen molar-refractivity contribution in [3.05, 3.63) is 28.2 Å². The molecule has 94 valence electrons. The highest BCUT2D eigenvalue weighted by atomic mass is 79.9. The number of carbonyl (C=O) groups is 1. The first-order valence-corrected chi connectivity index (χ1v) is 6.69. The lowest BCUT2D eigenvalue weighted by molar-refractivity contribution is -0.121. The molecule has 0 atom stereocenters. The Hall–Kier alpha value is -0.830. The van der Waals surface area contributed by atoms with Crippen LogP contribution in [0.15, 0.2) is 22.7 Å². The molecule has 1 rings (SSSR count). The van der Waals surface area contributed by atoms with Gasteiger partial charge in [0.05, 0.1) is 11.6 Å². The van der Waals surface area contributed by atoms with Crippen LogP contribution in [0.2, 0.25) is 0 Å². The van der Waals surface area contributed by atoms with Gasteiger partial charge in [-0.15, -0.1) is 0 Å². The first kappa shape index (κ1) is 14.2. The average Bonchev–Trinajstić information content (AvgIpc) is 2.29. The van der Waals surface area contributed by atoms with Gasteiger partial charge in [0.1, 0.15) is 11.5 Å². The van der Waals surface area contributed by atoms with Gasteiger partial charge in [-0.05, 0) is 46.5 Å². The molecule has 0 saturated carbocycles. The zero-order valence-electron chi connectivity index (χ0n) is 10.6. The third-order valence-electron chi connectivity index (χ3n) is 2.75. The van der Waals surface area contributed by atoms with Crippen LogP contribution in [-0.2, 0) is 11.2 Å². The Morgan fingerprint density at radius 1 is 1.41 bits per heavy atom. The molecule has 17 heavy (non-hydrogen) atoms. The van der Waals surface area contributed by atoms with E-state index >= 15 is 0 Å².